The van der Waals surface area contributed by atoms with Crippen LogP contribution in [0.15, 0.2) is 23.1 Å². The van der Waals surface area contributed by atoms with E-state index < -0.39 is 10.0 Å². The van der Waals surface area contributed by atoms with Gasteiger partial charge in [-0.05, 0) is 24.6 Å². The first-order valence-corrected chi connectivity index (χ1v) is 11.9. The lowest BCUT2D eigenvalue weighted by molar-refractivity contribution is -0.115. The van der Waals surface area contributed by atoms with Gasteiger partial charge in [0.1, 0.15) is 0 Å². The fourth-order valence-electron chi connectivity index (χ4n) is 2.53. The highest BCUT2D eigenvalue weighted by molar-refractivity contribution is 9.10. The number of aromatic nitrogens is 1. The van der Waals surface area contributed by atoms with E-state index in [1.807, 2.05) is 13.8 Å². The molecule has 144 valence electrons. The van der Waals surface area contributed by atoms with Crippen molar-refractivity contribution in [2.45, 2.75) is 49.8 Å². The maximum absolute atomic E-state index is 12.6. The van der Waals surface area contributed by atoms with Crippen LogP contribution in [0.1, 0.15) is 40.0 Å². The van der Waals surface area contributed by atoms with Crippen LogP contribution in [-0.2, 0) is 14.8 Å². The average molecular weight is 462 g/mol. The van der Waals surface area contributed by atoms with Crippen molar-refractivity contribution in [3.63, 3.8) is 0 Å². The van der Waals surface area contributed by atoms with Crippen LogP contribution in [0, 0.1) is 0 Å². The van der Waals surface area contributed by atoms with E-state index in [1.165, 1.54) is 15.6 Å². The smallest absolute Gasteiger partial charge is 0.243 e. The molecule has 0 bridgehead atoms. The maximum Gasteiger partial charge on any atom is 0.243 e. The van der Waals surface area contributed by atoms with Gasteiger partial charge >= 0.3 is 0 Å². The van der Waals surface area contributed by atoms with E-state index in [9.17, 15) is 13.2 Å². The molecule has 1 heterocycles. The third kappa shape index (κ3) is 4.82. The second kappa shape index (κ2) is 9.25. The van der Waals surface area contributed by atoms with E-state index >= 15 is 0 Å². The van der Waals surface area contributed by atoms with Gasteiger partial charge in [-0.15, -0.1) is 0 Å². The van der Waals surface area contributed by atoms with Gasteiger partial charge in [-0.3, -0.25) is 4.79 Å². The van der Waals surface area contributed by atoms with E-state index in [0.29, 0.717) is 23.7 Å². The van der Waals surface area contributed by atoms with Crippen LogP contribution in [0.25, 0.3) is 10.2 Å². The molecule has 0 aliphatic heterocycles. The Morgan fingerprint density at radius 1 is 1.31 bits per heavy atom. The SMILES string of the molecule is CCCCC(Br)C(=O)Nc1nc2ccc(S(=O)(=O)N(CC)CC)cc2s1. The molecule has 1 N–H and O–H groups in total. The van der Waals surface area contributed by atoms with E-state index in [1.54, 1.807) is 18.2 Å². The number of benzene rings is 1. The van der Waals surface area contributed by atoms with Gasteiger partial charge in [0, 0.05) is 13.1 Å². The summed E-state index contributed by atoms with van der Waals surface area (Å²) in [5, 5.41) is 3.28. The van der Waals surface area contributed by atoms with Crippen LogP contribution in [0.5, 0.6) is 0 Å². The van der Waals surface area contributed by atoms with Gasteiger partial charge in [-0.1, -0.05) is 60.9 Å². The fourth-order valence-corrected chi connectivity index (χ4v) is 5.44. The van der Waals surface area contributed by atoms with Gasteiger partial charge in [0.25, 0.3) is 0 Å². The summed E-state index contributed by atoms with van der Waals surface area (Å²) in [5.41, 5.74) is 0.670. The molecule has 0 radical (unpaired) electrons. The Balaban J connectivity index is 2.23. The van der Waals surface area contributed by atoms with Gasteiger partial charge in [0.05, 0.1) is 19.9 Å². The number of anilines is 1. The number of nitrogens with zero attached hydrogens (tertiary/aromatic N) is 2. The molecule has 2 rings (SSSR count). The minimum Gasteiger partial charge on any atom is -0.301 e. The molecule has 0 fully saturated rings. The van der Waals surface area contributed by atoms with Crippen molar-refractivity contribution >= 4 is 58.5 Å². The first kappa shape index (κ1) is 21.3. The molecular weight excluding hydrogens is 438 g/mol. The number of hydrogen-bond acceptors (Lipinski definition) is 5. The van der Waals surface area contributed by atoms with Crippen molar-refractivity contribution in [1.82, 2.24) is 9.29 Å². The molecule has 0 aliphatic carbocycles. The van der Waals surface area contributed by atoms with E-state index in [0.717, 1.165) is 24.0 Å². The third-order valence-electron chi connectivity index (χ3n) is 4.03. The molecule has 2 aromatic rings. The van der Waals surface area contributed by atoms with Gasteiger partial charge < -0.3 is 5.32 Å². The zero-order valence-electron chi connectivity index (χ0n) is 15.2. The fraction of sp³-hybridized carbons (Fsp3) is 0.529. The quantitative estimate of drug-likeness (QED) is 0.566. The van der Waals surface area contributed by atoms with Gasteiger partial charge in [0.2, 0.25) is 15.9 Å². The molecule has 0 saturated carbocycles. The number of hydrogen-bond donors (Lipinski definition) is 1. The number of sulfonamides is 1. The normalized spacial score (nSPS) is 13.3. The van der Waals surface area contributed by atoms with Crippen molar-refractivity contribution in [2.75, 3.05) is 18.4 Å². The summed E-state index contributed by atoms with van der Waals surface area (Å²) in [7, 11) is -3.51. The lowest BCUT2D eigenvalue weighted by Crippen LogP contribution is -2.30. The summed E-state index contributed by atoms with van der Waals surface area (Å²) in [6.07, 6.45) is 2.76. The van der Waals surface area contributed by atoms with Crippen molar-refractivity contribution in [1.29, 1.82) is 0 Å². The predicted molar refractivity (Wildman–Crippen MR) is 111 cm³/mol. The molecule has 9 heteroatoms. The summed E-state index contributed by atoms with van der Waals surface area (Å²) in [6, 6.07) is 4.87. The summed E-state index contributed by atoms with van der Waals surface area (Å²) < 4.78 is 27.4. The molecule has 1 amide bonds. The summed E-state index contributed by atoms with van der Waals surface area (Å²) in [5.74, 6) is -0.131. The monoisotopic (exact) mass is 461 g/mol. The number of rotatable bonds is 9. The Labute approximate surface area is 167 Å². The highest BCUT2D eigenvalue weighted by Gasteiger charge is 2.22. The van der Waals surface area contributed by atoms with Gasteiger partial charge in [-0.2, -0.15) is 4.31 Å². The van der Waals surface area contributed by atoms with E-state index in [2.05, 4.69) is 33.2 Å². The average Bonchev–Trinajstić information content (AvgIpc) is 3.01. The standard InChI is InChI=1S/C17H24BrN3O3S2/c1-4-7-8-13(18)16(22)20-17-19-14-10-9-12(11-15(14)25-17)26(23,24)21(5-2)6-3/h9-11,13H,4-8H2,1-3H3,(H,19,20,22). The minimum absolute atomic E-state index is 0.131. The molecule has 1 atom stereocenters. The molecular formula is C17H24BrN3O3S2. The number of amides is 1. The van der Waals surface area contributed by atoms with E-state index in [4.69, 9.17) is 0 Å². The number of fused-ring (bicyclic) bond motifs is 1. The Hall–Kier alpha value is -1.03. The molecule has 0 aliphatic rings. The number of carbonyl (C=O) groups is 1. The van der Waals surface area contributed by atoms with Crippen molar-refractivity contribution in [3.05, 3.63) is 18.2 Å². The van der Waals surface area contributed by atoms with Crippen LogP contribution in [0.4, 0.5) is 5.13 Å². The lowest BCUT2D eigenvalue weighted by Gasteiger charge is -2.18. The largest absolute Gasteiger partial charge is 0.301 e. The summed E-state index contributed by atoms with van der Waals surface area (Å²) in [6.45, 7) is 6.55. The van der Waals surface area contributed by atoms with Crippen LogP contribution in [-0.4, -0.2) is 41.5 Å². The number of nitrogens with one attached hydrogen (secondary N) is 1. The Bertz CT molecular complexity index is 863. The molecule has 0 saturated heterocycles. The van der Waals surface area contributed by atoms with Crippen LogP contribution in [0.2, 0.25) is 0 Å². The zero-order chi connectivity index (χ0) is 19.3. The summed E-state index contributed by atoms with van der Waals surface area (Å²) in [4.78, 5) is 16.6. The van der Waals surface area contributed by atoms with Crippen LogP contribution < -0.4 is 5.32 Å². The summed E-state index contributed by atoms with van der Waals surface area (Å²) >= 11 is 4.67. The van der Waals surface area contributed by atoms with Crippen molar-refractivity contribution in [3.8, 4) is 0 Å². The number of carbonyl (C=O) groups excluding carboxylic acids is 1. The Morgan fingerprint density at radius 2 is 2.00 bits per heavy atom. The second-order valence-electron chi connectivity index (χ2n) is 5.84. The zero-order valence-corrected chi connectivity index (χ0v) is 18.4. The number of halogens is 1. The third-order valence-corrected chi connectivity index (χ3v) is 7.88. The minimum atomic E-state index is -3.51. The number of alkyl halides is 1. The Morgan fingerprint density at radius 3 is 2.62 bits per heavy atom. The number of unbranched alkanes of at least 4 members (excludes halogenated alkanes) is 1. The van der Waals surface area contributed by atoms with Gasteiger partial charge in [0.15, 0.2) is 5.13 Å². The second-order valence-corrected chi connectivity index (χ2v) is 9.91. The predicted octanol–water partition coefficient (Wildman–Crippen LogP) is 4.22. The maximum atomic E-state index is 12.6. The highest BCUT2D eigenvalue weighted by atomic mass is 79.9. The highest BCUT2D eigenvalue weighted by Crippen LogP contribution is 2.29. The van der Waals surface area contributed by atoms with Gasteiger partial charge in [-0.25, -0.2) is 13.4 Å². The molecule has 26 heavy (non-hydrogen) atoms. The topological polar surface area (TPSA) is 79.4 Å². The molecule has 1 aromatic carbocycles. The molecule has 1 unspecified atom stereocenters. The molecule has 1 aromatic heterocycles. The lowest BCUT2D eigenvalue weighted by atomic mass is 10.2. The first-order valence-electron chi connectivity index (χ1n) is 8.69. The van der Waals surface area contributed by atoms with Crippen molar-refractivity contribution in [2.24, 2.45) is 0 Å². The molecule has 0 spiro atoms. The number of thiazole rings is 1. The van der Waals surface area contributed by atoms with Crippen LogP contribution >= 0.6 is 27.3 Å². The Kier molecular flexibility index (Phi) is 7.57. The molecule has 6 nitrogen and oxygen atoms in total. The van der Waals surface area contributed by atoms with E-state index in [-0.39, 0.29) is 15.6 Å². The van der Waals surface area contributed by atoms with Crippen molar-refractivity contribution < 1.29 is 13.2 Å². The van der Waals surface area contributed by atoms with Crippen LogP contribution in [0.3, 0.4) is 0 Å². The first-order chi connectivity index (χ1) is 12.3.